The Morgan fingerprint density at radius 3 is 2.44 bits per heavy atom. The highest BCUT2D eigenvalue weighted by molar-refractivity contribution is 5.21. The zero-order chi connectivity index (χ0) is 13.7. The molecule has 2 atom stereocenters. The van der Waals surface area contributed by atoms with Gasteiger partial charge in [-0.25, -0.2) is 4.98 Å². The summed E-state index contributed by atoms with van der Waals surface area (Å²) in [6.45, 7) is 11.1. The Morgan fingerprint density at radius 1 is 1.28 bits per heavy atom. The van der Waals surface area contributed by atoms with E-state index in [1.165, 1.54) is 0 Å². The summed E-state index contributed by atoms with van der Waals surface area (Å²) in [5.41, 5.74) is 1.06. The Kier molecular flexibility index (Phi) is 5.54. The lowest BCUT2D eigenvalue weighted by atomic mass is 9.86. The van der Waals surface area contributed by atoms with Crippen molar-refractivity contribution >= 4 is 0 Å². The second kappa shape index (κ2) is 6.69. The minimum Gasteiger partial charge on any atom is -0.478 e. The van der Waals surface area contributed by atoms with E-state index in [0.717, 1.165) is 11.5 Å². The van der Waals surface area contributed by atoms with Gasteiger partial charge < -0.3 is 10.1 Å². The van der Waals surface area contributed by atoms with Crippen LogP contribution in [0.25, 0.3) is 0 Å². The molecule has 1 rings (SSSR count). The smallest absolute Gasteiger partial charge is 0.216 e. The summed E-state index contributed by atoms with van der Waals surface area (Å²) in [4.78, 5) is 8.87. The number of likely N-dealkylation sites (N-methyl/N-ethyl adjacent to an activating group) is 1. The van der Waals surface area contributed by atoms with Crippen LogP contribution in [0.3, 0.4) is 0 Å². The van der Waals surface area contributed by atoms with Crippen molar-refractivity contribution in [1.82, 2.24) is 15.3 Å². The van der Waals surface area contributed by atoms with E-state index in [0.29, 0.717) is 30.4 Å². The highest BCUT2D eigenvalue weighted by atomic mass is 16.5. The molecule has 0 fully saturated rings. The summed E-state index contributed by atoms with van der Waals surface area (Å²) in [6, 6.07) is 2.34. The lowest BCUT2D eigenvalue weighted by Gasteiger charge is -2.27. The molecule has 0 saturated carbocycles. The van der Waals surface area contributed by atoms with Gasteiger partial charge in [-0.1, -0.05) is 13.8 Å². The number of ether oxygens (including phenoxy) is 1. The van der Waals surface area contributed by atoms with Crippen LogP contribution in [0.5, 0.6) is 5.88 Å². The van der Waals surface area contributed by atoms with E-state index in [1.807, 2.05) is 27.0 Å². The lowest BCUT2D eigenvalue weighted by molar-refractivity contribution is 0.321. The molecule has 1 aromatic heterocycles. The Hall–Kier alpha value is -1.16. The van der Waals surface area contributed by atoms with E-state index in [-0.39, 0.29) is 0 Å². The molecule has 0 radical (unpaired) electrons. The second-order valence-electron chi connectivity index (χ2n) is 4.96. The fourth-order valence-corrected chi connectivity index (χ4v) is 2.31. The second-order valence-corrected chi connectivity index (χ2v) is 4.96. The van der Waals surface area contributed by atoms with Crippen LogP contribution in [0.1, 0.15) is 45.1 Å². The van der Waals surface area contributed by atoms with Gasteiger partial charge >= 0.3 is 0 Å². The van der Waals surface area contributed by atoms with Gasteiger partial charge in [0.1, 0.15) is 5.82 Å². The molecule has 0 aliphatic rings. The Bertz CT molecular complexity index is 379. The molecule has 0 aliphatic carbocycles. The first-order chi connectivity index (χ1) is 8.49. The van der Waals surface area contributed by atoms with Crippen LogP contribution in [-0.2, 0) is 0 Å². The zero-order valence-corrected chi connectivity index (χ0v) is 12.3. The molecule has 1 N–H and O–H groups in total. The molecule has 0 aromatic carbocycles. The van der Waals surface area contributed by atoms with Gasteiger partial charge in [0.2, 0.25) is 5.88 Å². The van der Waals surface area contributed by atoms with Gasteiger partial charge in [0.05, 0.1) is 12.3 Å². The number of aryl methyl sites for hydroxylation is 1. The third-order valence-electron chi connectivity index (χ3n) is 3.18. The molecule has 2 unspecified atom stereocenters. The van der Waals surface area contributed by atoms with Crippen molar-refractivity contribution < 1.29 is 4.74 Å². The molecular weight excluding hydrogens is 226 g/mol. The van der Waals surface area contributed by atoms with E-state index >= 15 is 0 Å². The van der Waals surface area contributed by atoms with Crippen LogP contribution in [0.15, 0.2) is 6.07 Å². The van der Waals surface area contributed by atoms with Gasteiger partial charge in [0.15, 0.2) is 0 Å². The molecule has 0 spiro atoms. The number of rotatable bonds is 6. The topological polar surface area (TPSA) is 47.0 Å². The average Bonchev–Trinajstić information content (AvgIpc) is 2.28. The minimum atomic E-state index is 0.357. The van der Waals surface area contributed by atoms with Crippen molar-refractivity contribution in [3.05, 3.63) is 17.6 Å². The van der Waals surface area contributed by atoms with E-state index in [9.17, 15) is 0 Å². The highest BCUT2D eigenvalue weighted by Gasteiger charge is 2.24. The van der Waals surface area contributed by atoms with Crippen molar-refractivity contribution in [3.8, 4) is 5.88 Å². The zero-order valence-electron chi connectivity index (χ0n) is 12.3. The van der Waals surface area contributed by atoms with Crippen molar-refractivity contribution in [2.45, 2.75) is 46.6 Å². The van der Waals surface area contributed by atoms with Crippen LogP contribution < -0.4 is 10.1 Å². The average molecular weight is 251 g/mol. The van der Waals surface area contributed by atoms with Crippen LogP contribution in [0.2, 0.25) is 0 Å². The normalized spacial score (nSPS) is 14.6. The number of hydrogen-bond donors (Lipinski definition) is 1. The fourth-order valence-electron chi connectivity index (χ4n) is 2.31. The molecular formula is C14H25N3O. The van der Waals surface area contributed by atoms with Crippen LogP contribution in [0, 0.1) is 12.8 Å². The summed E-state index contributed by atoms with van der Waals surface area (Å²) in [5, 5.41) is 3.31. The van der Waals surface area contributed by atoms with E-state index in [4.69, 9.17) is 4.74 Å². The Labute approximate surface area is 110 Å². The maximum Gasteiger partial charge on any atom is 0.216 e. The molecule has 4 heteroatoms. The number of hydrogen-bond acceptors (Lipinski definition) is 4. The van der Waals surface area contributed by atoms with Crippen molar-refractivity contribution in [3.63, 3.8) is 0 Å². The lowest BCUT2D eigenvalue weighted by Crippen LogP contribution is -2.32. The minimum absolute atomic E-state index is 0.357. The Morgan fingerprint density at radius 2 is 1.94 bits per heavy atom. The van der Waals surface area contributed by atoms with Gasteiger partial charge in [-0.05, 0) is 33.7 Å². The molecule has 0 bridgehead atoms. The van der Waals surface area contributed by atoms with Crippen molar-refractivity contribution in [2.75, 3.05) is 13.7 Å². The summed E-state index contributed by atoms with van der Waals surface area (Å²) in [5.74, 6) is 2.31. The monoisotopic (exact) mass is 251 g/mol. The van der Waals surface area contributed by atoms with Gasteiger partial charge in [-0.2, -0.15) is 4.98 Å². The van der Waals surface area contributed by atoms with Gasteiger partial charge in [-0.3, -0.25) is 0 Å². The Balaban J connectivity index is 3.11. The van der Waals surface area contributed by atoms with E-state index in [1.54, 1.807) is 0 Å². The predicted molar refractivity (Wildman–Crippen MR) is 74.0 cm³/mol. The molecule has 4 nitrogen and oxygen atoms in total. The maximum atomic E-state index is 5.50. The van der Waals surface area contributed by atoms with Crippen molar-refractivity contribution in [2.24, 2.45) is 5.92 Å². The standard InChI is InChI=1S/C14H25N3O/c1-7-18-13-8-12(16-11(5)17-13)14(9(2)3)10(4)15-6/h8-10,14-15H,7H2,1-6H3. The molecule has 18 heavy (non-hydrogen) atoms. The first kappa shape index (κ1) is 14.9. The molecule has 0 aliphatic heterocycles. The van der Waals surface area contributed by atoms with Gasteiger partial charge in [0.25, 0.3) is 0 Å². The largest absolute Gasteiger partial charge is 0.478 e. The molecule has 102 valence electrons. The van der Waals surface area contributed by atoms with Crippen molar-refractivity contribution in [1.29, 1.82) is 0 Å². The predicted octanol–water partition coefficient (Wildman–Crippen LogP) is 2.53. The van der Waals surface area contributed by atoms with Crippen LogP contribution >= 0.6 is 0 Å². The number of nitrogens with zero attached hydrogens (tertiary/aromatic N) is 2. The molecule has 1 aromatic rings. The third-order valence-corrected chi connectivity index (χ3v) is 3.18. The van der Waals surface area contributed by atoms with Crippen LogP contribution in [-0.4, -0.2) is 29.7 Å². The quantitative estimate of drug-likeness (QED) is 0.844. The highest BCUT2D eigenvalue weighted by Crippen LogP contribution is 2.28. The summed E-state index contributed by atoms with van der Waals surface area (Å²) in [7, 11) is 1.98. The van der Waals surface area contributed by atoms with E-state index < -0.39 is 0 Å². The fraction of sp³-hybridized carbons (Fsp3) is 0.714. The van der Waals surface area contributed by atoms with Gasteiger partial charge in [-0.15, -0.1) is 0 Å². The summed E-state index contributed by atoms with van der Waals surface area (Å²) < 4.78 is 5.50. The maximum absolute atomic E-state index is 5.50. The number of nitrogens with one attached hydrogen (secondary N) is 1. The molecule has 1 heterocycles. The SMILES string of the molecule is CCOc1cc(C(C(C)C)C(C)NC)nc(C)n1. The molecule has 0 amide bonds. The van der Waals surface area contributed by atoms with E-state index in [2.05, 4.69) is 36.1 Å². The summed E-state index contributed by atoms with van der Waals surface area (Å²) in [6.07, 6.45) is 0. The molecule has 0 saturated heterocycles. The third kappa shape index (κ3) is 3.67. The first-order valence-corrected chi connectivity index (χ1v) is 6.65. The number of aromatic nitrogens is 2. The van der Waals surface area contributed by atoms with Gasteiger partial charge in [0, 0.05) is 18.0 Å². The summed E-state index contributed by atoms with van der Waals surface area (Å²) >= 11 is 0. The first-order valence-electron chi connectivity index (χ1n) is 6.65. The van der Waals surface area contributed by atoms with Crippen LogP contribution in [0.4, 0.5) is 0 Å².